The molecule has 0 bridgehead atoms. The number of rotatable bonds is 3. The average Bonchev–Trinajstić information content (AvgIpc) is 2.81. The summed E-state index contributed by atoms with van der Waals surface area (Å²) in [7, 11) is 1.50. The molecular weight excluding hydrogens is 222 g/mol. The van der Waals surface area contributed by atoms with Crippen LogP contribution in [0.15, 0.2) is 18.2 Å². The van der Waals surface area contributed by atoms with Gasteiger partial charge in [-0.2, -0.15) is 0 Å². The summed E-state index contributed by atoms with van der Waals surface area (Å²) in [4.78, 5) is 11.9. The molecule has 1 aliphatic rings. The third-order valence-electron chi connectivity index (χ3n) is 2.71. The Kier molecular flexibility index (Phi) is 3.49. The van der Waals surface area contributed by atoms with Gasteiger partial charge < -0.3 is 19.9 Å². The summed E-state index contributed by atoms with van der Waals surface area (Å²) in [5, 5.41) is 12.5. The molecule has 1 aromatic rings. The maximum atomic E-state index is 11.9. The Bertz CT molecular complexity index is 413. The second-order valence-electron chi connectivity index (χ2n) is 3.92. The van der Waals surface area contributed by atoms with E-state index in [1.165, 1.54) is 13.2 Å². The van der Waals surface area contributed by atoms with Crippen LogP contribution in [0.1, 0.15) is 16.8 Å². The van der Waals surface area contributed by atoms with Gasteiger partial charge in [0.25, 0.3) is 5.91 Å². The van der Waals surface area contributed by atoms with E-state index in [0.717, 1.165) is 6.42 Å². The molecule has 1 aromatic carbocycles. The van der Waals surface area contributed by atoms with Crippen molar-refractivity contribution in [2.24, 2.45) is 0 Å². The molecule has 0 aromatic heterocycles. The number of nitrogens with one attached hydrogen (secondary N) is 1. The fourth-order valence-corrected chi connectivity index (χ4v) is 1.74. The van der Waals surface area contributed by atoms with E-state index in [4.69, 9.17) is 9.47 Å². The Morgan fingerprint density at radius 1 is 1.59 bits per heavy atom. The van der Waals surface area contributed by atoms with Crippen LogP contribution in [-0.4, -0.2) is 37.4 Å². The zero-order valence-electron chi connectivity index (χ0n) is 9.60. The van der Waals surface area contributed by atoms with E-state index >= 15 is 0 Å². The first-order valence-electron chi connectivity index (χ1n) is 5.46. The van der Waals surface area contributed by atoms with E-state index in [1.807, 2.05) is 0 Å². The van der Waals surface area contributed by atoms with Gasteiger partial charge in [-0.05, 0) is 18.6 Å². The minimum Gasteiger partial charge on any atom is -0.507 e. The number of hydrogen-bond acceptors (Lipinski definition) is 4. The molecule has 0 spiro atoms. The lowest BCUT2D eigenvalue weighted by molar-refractivity contribution is 0.0927. The van der Waals surface area contributed by atoms with Crippen LogP contribution >= 0.6 is 0 Å². The van der Waals surface area contributed by atoms with Gasteiger partial charge in [0.05, 0.1) is 25.3 Å². The Morgan fingerprint density at radius 2 is 2.41 bits per heavy atom. The van der Waals surface area contributed by atoms with Crippen LogP contribution < -0.4 is 10.1 Å². The number of benzene rings is 1. The molecule has 1 aliphatic heterocycles. The van der Waals surface area contributed by atoms with E-state index in [9.17, 15) is 9.90 Å². The van der Waals surface area contributed by atoms with Gasteiger partial charge in [-0.3, -0.25) is 4.79 Å². The van der Waals surface area contributed by atoms with Crippen molar-refractivity contribution >= 4 is 5.91 Å². The van der Waals surface area contributed by atoms with Gasteiger partial charge in [0.15, 0.2) is 0 Å². The first-order valence-corrected chi connectivity index (χ1v) is 5.46. The number of phenols is 1. The van der Waals surface area contributed by atoms with Gasteiger partial charge in [0.1, 0.15) is 11.5 Å². The number of methoxy groups -OCH3 is 1. The molecule has 0 saturated carbocycles. The third kappa shape index (κ3) is 2.68. The lowest BCUT2D eigenvalue weighted by atomic mass is 10.1. The lowest BCUT2D eigenvalue weighted by Crippen LogP contribution is -2.35. The molecular formula is C12H15NO4. The molecule has 92 valence electrons. The number of hydrogen-bond donors (Lipinski definition) is 2. The molecule has 1 fully saturated rings. The number of phenolic OH excluding ortho intramolecular Hbond substituents is 1. The first kappa shape index (κ1) is 11.7. The van der Waals surface area contributed by atoms with Crippen molar-refractivity contribution in [3.63, 3.8) is 0 Å². The van der Waals surface area contributed by atoms with E-state index in [-0.39, 0.29) is 23.3 Å². The van der Waals surface area contributed by atoms with Crippen LogP contribution in [0, 0.1) is 0 Å². The molecule has 1 unspecified atom stereocenters. The van der Waals surface area contributed by atoms with Crippen molar-refractivity contribution < 1.29 is 19.4 Å². The Labute approximate surface area is 99.3 Å². The monoisotopic (exact) mass is 237 g/mol. The fourth-order valence-electron chi connectivity index (χ4n) is 1.74. The van der Waals surface area contributed by atoms with Gasteiger partial charge in [-0.1, -0.05) is 0 Å². The van der Waals surface area contributed by atoms with Gasteiger partial charge in [0, 0.05) is 12.7 Å². The van der Waals surface area contributed by atoms with Gasteiger partial charge in [-0.15, -0.1) is 0 Å². The highest BCUT2D eigenvalue weighted by Crippen LogP contribution is 2.23. The molecule has 0 aliphatic carbocycles. The molecule has 17 heavy (non-hydrogen) atoms. The van der Waals surface area contributed by atoms with Crippen LogP contribution in [0.2, 0.25) is 0 Å². The fraction of sp³-hybridized carbons (Fsp3) is 0.417. The lowest BCUT2D eigenvalue weighted by Gasteiger charge is -2.12. The smallest absolute Gasteiger partial charge is 0.255 e. The number of carbonyl (C=O) groups is 1. The summed E-state index contributed by atoms with van der Waals surface area (Å²) >= 11 is 0. The summed E-state index contributed by atoms with van der Waals surface area (Å²) < 4.78 is 10.1. The highest BCUT2D eigenvalue weighted by molar-refractivity contribution is 5.97. The van der Waals surface area contributed by atoms with E-state index in [1.54, 1.807) is 12.1 Å². The number of amides is 1. The van der Waals surface area contributed by atoms with E-state index in [2.05, 4.69) is 5.32 Å². The van der Waals surface area contributed by atoms with Gasteiger partial charge >= 0.3 is 0 Å². The van der Waals surface area contributed by atoms with Crippen molar-refractivity contribution in [3.8, 4) is 11.5 Å². The second kappa shape index (κ2) is 5.05. The summed E-state index contributed by atoms with van der Waals surface area (Å²) in [5.41, 5.74) is 0.248. The molecule has 5 heteroatoms. The van der Waals surface area contributed by atoms with Crippen LogP contribution in [0.3, 0.4) is 0 Å². The van der Waals surface area contributed by atoms with Crippen molar-refractivity contribution in [1.29, 1.82) is 0 Å². The number of ether oxygens (including phenoxy) is 2. The number of carbonyl (C=O) groups excluding carboxylic acids is 1. The zero-order valence-corrected chi connectivity index (χ0v) is 9.60. The molecule has 1 saturated heterocycles. The SMILES string of the molecule is COc1ccc(C(=O)NC2CCOC2)c(O)c1. The Morgan fingerprint density at radius 3 is 3.00 bits per heavy atom. The highest BCUT2D eigenvalue weighted by Gasteiger charge is 2.20. The van der Waals surface area contributed by atoms with Gasteiger partial charge in [0.2, 0.25) is 0 Å². The maximum absolute atomic E-state index is 11.9. The van der Waals surface area contributed by atoms with E-state index < -0.39 is 0 Å². The number of aromatic hydroxyl groups is 1. The summed E-state index contributed by atoms with van der Waals surface area (Å²) in [6, 6.07) is 4.63. The molecule has 2 rings (SSSR count). The zero-order chi connectivity index (χ0) is 12.3. The Balaban J connectivity index is 2.07. The summed E-state index contributed by atoms with van der Waals surface area (Å²) in [5.74, 6) is 0.143. The Hall–Kier alpha value is -1.75. The molecule has 1 atom stereocenters. The van der Waals surface area contributed by atoms with E-state index in [0.29, 0.717) is 19.0 Å². The predicted octanol–water partition coefficient (Wildman–Crippen LogP) is 0.919. The predicted molar refractivity (Wildman–Crippen MR) is 61.3 cm³/mol. The van der Waals surface area contributed by atoms with Crippen LogP contribution in [0.4, 0.5) is 0 Å². The van der Waals surface area contributed by atoms with Crippen LogP contribution in [0.5, 0.6) is 11.5 Å². The van der Waals surface area contributed by atoms with Gasteiger partial charge in [-0.25, -0.2) is 0 Å². The normalized spacial score (nSPS) is 19.0. The molecule has 1 heterocycles. The minimum absolute atomic E-state index is 0.0315. The first-order chi connectivity index (χ1) is 8.20. The standard InChI is InChI=1S/C12H15NO4/c1-16-9-2-3-10(11(14)6-9)12(15)13-8-4-5-17-7-8/h2-3,6,8,14H,4-5,7H2,1H3,(H,13,15). The average molecular weight is 237 g/mol. The second-order valence-corrected chi connectivity index (χ2v) is 3.92. The van der Waals surface area contributed by atoms with Crippen molar-refractivity contribution in [3.05, 3.63) is 23.8 Å². The molecule has 1 amide bonds. The summed E-state index contributed by atoms with van der Waals surface area (Å²) in [6.07, 6.45) is 0.808. The summed E-state index contributed by atoms with van der Waals surface area (Å²) in [6.45, 7) is 1.20. The van der Waals surface area contributed by atoms with Crippen LogP contribution in [0.25, 0.3) is 0 Å². The molecule has 0 radical (unpaired) electrons. The largest absolute Gasteiger partial charge is 0.507 e. The van der Waals surface area contributed by atoms with Crippen molar-refractivity contribution in [1.82, 2.24) is 5.32 Å². The van der Waals surface area contributed by atoms with Crippen molar-refractivity contribution in [2.45, 2.75) is 12.5 Å². The minimum atomic E-state index is -0.291. The highest BCUT2D eigenvalue weighted by atomic mass is 16.5. The topological polar surface area (TPSA) is 67.8 Å². The van der Waals surface area contributed by atoms with Crippen LogP contribution in [-0.2, 0) is 4.74 Å². The maximum Gasteiger partial charge on any atom is 0.255 e. The third-order valence-corrected chi connectivity index (χ3v) is 2.71. The van der Waals surface area contributed by atoms with Crippen molar-refractivity contribution in [2.75, 3.05) is 20.3 Å². The molecule has 2 N–H and O–H groups in total. The quantitative estimate of drug-likeness (QED) is 0.820. The molecule has 5 nitrogen and oxygen atoms in total.